The van der Waals surface area contributed by atoms with Crippen LogP contribution in [0.5, 0.6) is 11.5 Å². The monoisotopic (exact) mass is 260 g/mol. The summed E-state index contributed by atoms with van der Waals surface area (Å²) in [5.41, 5.74) is 8.62. The molecular formula is C15H20N2O2. The first-order valence-electron chi connectivity index (χ1n) is 6.59. The second-order valence-corrected chi connectivity index (χ2v) is 4.39. The van der Waals surface area contributed by atoms with E-state index in [2.05, 4.69) is 18.8 Å². The van der Waals surface area contributed by atoms with Gasteiger partial charge in [0.2, 0.25) is 0 Å². The second kappa shape index (κ2) is 5.78. The number of nitrogens with zero attached hydrogens (tertiary/aromatic N) is 1. The van der Waals surface area contributed by atoms with E-state index in [1.165, 1.54) is 5.56 Å². The molecule has 0 aliphatic rings. The Bertz CT molecular complexity index is 582. The molecule has 0 spiro atoms. The van der Waals surface area contributed by atoms with Crippen LogP contribution in [0.15, 0.2) is 18.3 Å². The summed E-state index contributed by atoms with van der Waals surface area (Å²) >= 11 is 0. The molecule has 0 bridgehead atoms. The summed E-state index contributed by atoms with van der Waals surface area (Å²) in [6, 6.07) is 3.78. The van der Waals surface area contributed by atoms with Crippen LogP contribution in [0, 0.1) is 0 Å². The summed E-state index contributed by atoms with van der Waals surface area (Å²) in [4.78, 5) is 4.37. The smallest absolute Gasteiger partial charge is 0.170 e. The Morgan fingerprint density at radius 1 is 1.32 bits per heavy atom. The van der Waals surface area contributed by atoms with Gasteiger partial charge in [-0.05, 0) is 24.5 Å². The van der Waals surface area contributed by atoms with Gasteiger partial charge in [-0.25, -0.2) is 0 Å². The standard InChI is InChI=1S/C15H20N2O2/c1-4-8-19-15-12(18-3)9-11(16)14-13(15)10(5-2)6-7-17-14/h6-7,9H,4-5,8,16H2,1-3H3. The highest BCUT2D eigenvalue weighted by atomic mass is 16.5. The van der Waals surface area contributed by atoms with E-state index in [1.807, 2.05) is 6.07 Å². The number of nitrogen functional groups attached to an aromatic ring is 1. The lowest BCUT2D eigenvalue weighted by atomic mass is 10.0. The average Bonchev–Trinajstić information content (AvgIpc) is 2.45. The van der Waals surface area contributed by atoms with Gasteiger partial charge in [-0.1, -0.05) is 13.8 Å². The van der Waals surface area contributed by atoms with E-state index in [4.69, 9.17) is 15.2 Å². The van der Waals surface area contributed by atoms with Crippen LogP contribution in [0.25, 0.3) is 10.9 Å². The summed E-state index contributed by atoms with van der Waals surface area (Å²) in [6.45, 7) is 4.83. The first-order chi connectivity index (χ1) is 9.22. The second-order valence-electron chi connectivity index (χ2n) is 4.39. The number of hydrogen-bond acceptors (Lipinski definition) is 4. The van der Waals surface area contributed by atoms with Gasteiger partial charge in [-0.3, -0.25) is 4.98 Å². The van der Waals surface area contributed by atoms with Crippen molar-refractivity contribution in [1.82, 2.24) is 4.98 Å². The third-order valence-corrected chi connectivity index (χ3v) is 3.10. The van der Waals surface area contributed by atoms with Crippen molar-refractivity contribution < 1.29 is 9.47 Å². The van der Waals surface area contributed by atoms with Crippen LogP contribution in [0.4, 0.5) is 5.69 Å². The Morgan fingerprint density at radius 3 is 2.74 bits per heavy atom. The molecule has 1 aromatic heterocycles. The molecule has 19 heavy (non-hydrogen) atoms. The minimum Gasteiger partial charge on any atom is -0.493 e. The minimum atomic E-state index is 0.617. The van der Waals surface area contributed by atoms with Crippen molar-refractivity contribution in [3.8, 4) is 11.5 Å². The van der Waals surface area contributed by atoms with Crippen LogP contribution in [0.2, 0.25) is 0 Å². The lowest BCUT2D eigenvalue weighted by Gasteiger charge is -2.16. The van der Waals surface area contributed by atoms with Gasteiger partial charge in [0.1, 0.15) is 0 Å². The molecule has 2 aromatic rings. The van der Waals surface area contributed by atoms with E-state index in [9.17, 15) is 0 Å². The van der Waals surface area contributed by atoms with Gasteiger partial charge in [0.25, 0.3) is 0 Å². The van der Waals surface area contributed by atoms with Crippen molar-refractivity contribution in [2.75, 3.05) is 19.5 Å². The molecule has 1 aromatic carbocycles. The molecule has 0 radical (unpaired) electrons. The van der Waals surface area contributed by atoms with Gasteiger partial charge in [0, 0.05) is 12.3 Å². The Labute approximate surface area is 113 Å². The normalized spacial score (nSPS) is 10.7. The first-order valence-corrected chi connectivity index (χ1v) is 6.59. The molecule has 0 saturated carbocycles. The minimum absolute atomic E-state index is 0.617. The summed E-state index contributed by atoms with van der Waals surface area (Å²) < 4.78 is 11.3. The SMILES string of the molecule is CCCOc1c(OC)cc(N)c2nccc(CC)c12. The molecule has 0 saturated heterocycles. The number of fused-ring (bicyclic) bond motifs is 1. The third kappa shape index (κ3) is 2.43. The topological polar surface area (TPSA) is 57.4 Å². The van der Waals surface area contributed by atoms with Crippen LogP contribution < -0.4 is 15.2 Å². The zero-order valence-corrected chi connectivity index (χ0v) is 11.7. The molecule has 102 valence electrons. The van der Waals surface area contributed by atoms with Crippen LogP contribution in [-0.2, 0) is 6.42 Å². The van der Waals surface area contributed by atoms with Crippen molar-refractivity contribution in [3.05, 3.63) is 23.9 Å². The number of aryl methyl sites for hydroxylation is 1. The summed E-state index contributed by atoms with van der Waals surface area (Å²) in [5.74, 6) is 1.42. The zero-order chi connectivity index (χ0) is 13.8. The van der Waals surface area contributed by atoms with Crippen molar-refractivity contribution in [3.63, 3.8) is 0 Å². The molecule has 4 heteroatoms. The lowest BCUT2D eigenvalue weighted by molar-refractivity contribution is 0.298. The van der Waals surface area contributed by atoms with Crippen LogP contribution >= 0.6 is 0 Å². The van der Waals surface area contributed by atoms with Gasteiger partial charge in [0.15, 0.2) is 11.5 Å². The number of aromatic nitrogens is 1. The van der Waals surface area contributed by atoms with Gasteiger partial charge in [-0.2, -0.15) is 0 Å². The van der Waals surface area contributed by atoms with Crippen molar-refractivity contribution in [2.24, 2.45) is 0 Å². The summed E-state index contributed by atoms with van der Waals surface area (Å²) in [7, 11) is 1.63. The number of benzene rings is 1. The van der Waals surface area contributed by atoms with E-state index in [0.717, 1.165) is 29.5 Å². The van der Waals surface area contributed by atoms with E-state index in [-0.39, 0.29) is 0 Å². The molecule has 2 rings (SSSR count). The van der Waals surface area contributed by atoms with E-state index in [1.54, 1.807) is 19.4 Å². The van der Waals surface area contributed by atoms with Crippen molar-refractivity contribution >= 4 is 16.6 Å². The van der Waals surface area contributed by atoms with Gasteiger partial charge in [-0.15, -0.1) is 0 Å². The highest BCUT2D eigenvalue weighted by molar-refractivity contribution is 5.98. The molecule has 0 amide bonds. The fraction of sp³-hybridized carbons (Fsp3) is 0.400. The number of methoxy groups -OCH3 is 1. The lowest BCUT2D eigenvalue weighted by Crippen LogP contribution is -2.02. The maximum atomic E-state index is 6.06. The third-order valence-electron chi connectivity index (χ3n) is 3.10. The fourth-order valence-electron chi connectivity index (χ4n) is 2.17. The maximum absolute atomic E-state index is 6.06. The van der Waals surface area contributed by atoms with Crippen molar-refractivity contribution in [2.45, 2.75) is 26.7 Å². The van der Waals surface area contributed by atoms with Gasteiger partial charge >= 0.3 is 0 Å². The predicted octanol–water partition coefficient (Wildman–Crippen LogP) is 3.18. The highest BCUT2D eigenvalue weighted by Crippen LogP contribution is 2.40. The van der Waals surface area contributed by atoms with Gasteiger partial charge in [0.05, 0.1) is 30.3 Å². The molecule has 0 unspecified atom stereocenters. The first kappa shape index (κ1) is 13.5. The Hall–Kier alpha value is -1.97. The van der Waals surface area contributed by atoms with Crippen LogP contribution in [0.3, 0.4) is 0 Å². The van der Waals surface area contributed by atoms with E-state index >= 15 is 0 Å². The maximum Gasteiger partial charge on any atom is 0.170 e. The number of rotatable bonds is 5. The average molecular weight is 260 g/mol. The Morgan fingerprint density at radius 2 is 2.11 bits per heavy atom. The predicted molar refractivity (Wildman–Crippen MR) is 77.9 cm³/mol. The number of anilines is 1. The fourth-order valence-corrected chi connectivity index (χ4v) is 2.17. The Balaban J connectivity index is 2.75. The summed E-state index contributed by atoms with van der Waals surface area (Å²) in [6.07, 6.45) is 3.62. The van der Waals surface area contributed by atoms with Crippen LogP contribution in [-0.4, -0.2) is 18.7 Å². The van der Waals surface area contributed by atoms with Gasteiger partial charge < -0.3 is 15.2 Å². The van der Waals surface area contributed by atoms with Crippen LogP contribution in [0.1, 0.15) is 25.8 Å². The molecular weight excluding hydrogens is 240 g/mol. The molecule has 0 aliphatic carbocycles. The van der Waals surface area contributed by atoms with E-state index < -0.39 is 0 Å². The molecule has 2 N–H and O–H groups in total. The molecule has 0 atom stereocenters. The largest absolute Gasteiger partial charge is 0.493 e. The molecule has 0 fully saturated rings. The Kier molecular flexibility index (Phi) is 4.10. The molecule has 4 nitrogen and oxygen atoms in total. The number of pyridine rings is 1. The van der Waals surface area contributed by atoms with E-state index in [0.29, 0.717) is 18.0 Å². The number of hydrogen-bond donors (Lipinski definition) is 1. The molecule has 1 heterocycles. The number of nitrogens with two attached hydrogens (primary N) is 1. The highest BCUT2D eigenvalue weighted by Gasteiger charge is 2.16. The number of ether oxygens (including phenoxy) is 2. The van der Waals surface area contributed by atoms with Crippen molar-refractivity contribution in [1.29, 1.82) is 0 Å². The summed E-state index contributed by atoms with van der Waals surface area (Å²) in [5, 5.41) is 0.968. The molecule has 0 aliphatic heterocycles. The zero-order valence-electron chi connectivity index (χ0n) is 11.7. The quantitative estimate of drug-likeness (QED) is 0.839.